The van der Waals surface area contributed by atoms with E-state index in [1.807, 2.05) is 24.3 Å². The molecule has 2 heterocycles. The van der Waals surface area contributed by atoms with Gasteiger partial charge in [0.15, 0.2) is 0 Å². The van der Waals surface area contributed by atoms with Gasteiger partial charge in [0, 0.05) is 24.6 Å². The summed E-state index contributed by atoms with van der Waals surface area (Å²) in [7, 11) is 1.72. The lowest BCUT2D eigenvalue weighted by Crippen LogP contribution is -2.27. The number of hydrogen-bond donors (Lipinski definition) is 1. The van der Waals surface area contributed by atoms with E-state index in [1.54, 1.807) is 11.9 Å². The standard InChI is InChI=1S/C15H15N3O3/c1-18(8-13(19)20)15-11-6-7-21-12-5-3-2-4-10(12)14(11)16-9-17-15/h2-5,9H,6-8H2,1H3,(H,19,20). The van der Waals surface area contributed by atoms with E-state index >= 15 is 0 Å². The van der Waals surface area contributed by atoms with E-state index in [4.69, 9.17) is 9.84 Å². The molecular weight excluding hydrogens is 270 g/mol. The molecule has 1 aromatic heterocycles. The second-order valence-corrected chi connectivity index (χ2v) is 4.87. The third-order valence-corrected chi connectivity index (χ3v) is 3.41. The van der Waals surface area contributed by atoms with Crippen LogP contribution in [0, 0.1) is 0 Å². The molecule has 2 aromatic rings. The number of carboxylic acids is 1. The van der Waals surface area contributed by atoms with Crippen molar-refractivity contribution >= 4 is 11.8 Å². The van der Waals surface area contributed by atoms with E-state index < -0.39 is 5.97 Å². The zero-order chi connectivity index (χ0) is 14.8. The van der Waals surface area contributed by atoms with Gasteiger partial charge in [-0.25, -0.2) is 9.97 Å². The molecule has 0 radical (unpaired) electrons. The Hall–Kier alpha value is -2.63. The monoisotopic (exact) mass is 285 g/mol. The summed E-state index contributed by atoms with van der Waals surface area (Å²) in [6, 6.07) is 7.71. The summed E-state index contributed by atoms with van der Waals surface area (Å²) in [5.41, 5.74) is 2.65. The fourth-order valence-electron chi connectivity index (χ4n) is 2.52. The van der Waals surface area contributed by atoms with Crippen LogP contribution >= 0.6 is 0 Å². The summed E-state index contributed by atoms with van der Waals surface area (Å²) < 4.78 is 5.74. The van der Waals surface area contributed by atoms with Crippen LogP contribution in [0.3, 0.4) is 0 Å². The average molecular weight is 285 g/mol. The lowest BCUT2D eigenvalue weighted by Gasteiger charge is -2.19. The van der Waals surface area contributed by atoms with Crippen LogP contribution in [0.2, 0.25) is 0 Å². The number of carboxylic acid groups (broad SMARTS) is 1. The molecule has 21 heavy (non-hydrogen) atoms. The first-order valence-corrected chi connectivity index (χ1v) is 6.66. The predicted octanol–water partition coefficient (Wildman–Crippen LogP) is 1.60. The first-order valence-electron chi connectivity index (χ1n) is 6.66. The van der Waals surface area contributed by atoms with Crippen LogP contribution in [0.5, 0.6) is 5.75 Å². The van der Waals surface area contributed by atoms with Crippen LogP contribution in [0.4, 0.5) is 5.82 Å². The van der Waals surface area contributed by atoms with Gasteiger partial charge in [-0.05, 0) is 12.1 Å². The van der Waals surface area contributed by atoms with Crippen molar-refractivity contribution in [3.05, 3.63) is 36.2 Å². The first kappa shape index (κ1) is 13.4. The van der Waals surface area contributed by atoms with Crippen LogP contribution in [-0.4, -0.2) is 41.2 Å². The Morgan fingerprint density at radius 1 is 1.38 bits per heavy atom. The van der Waals surface area contributed by atoms with Crippen molar-refractivity contribution in [1.82, 2.24) is 9.97 Å². The number of aliphatic carboxylic acids is 1. The second kappa shape index (κ2) is 5.40. The van der Waals surface area contributed by atoms with E-state index in [1.165, 1.54) is 6.33 Å². The molecule has 1 aromatic carbocycles. The van der Waals surface area contributed by atoms with E-state index in [0.29, 0.717) is 18.8 Å². The smallest absolute Gasteiger partial charge is 0.323 e. The fourth-order valence-corrected chi connectivity index (χ4v) is 2.52. The maximum atomic E-state index is 10.9. The van der Waals surface area contributed by atoms with Crippen molar-refractivity contribution in [3.8, 4) is 17.0 Å². The predicted molar refractivity (Wildman–Crippen MR) is 77.6 cm³/mol. The highest BCUT2D eigenvalue weighted by molar-refractivity contribution is 5.77. The number of fused-ring (bicyclic) bond motifs is 3. The normalized spacial score (nSPS) is 12.6. The van der Waals surface area contributed by atoms with Gasteiger partial charge in [0.25, 0.3) is 0 Å². The number of anilines is 1. The van der Waals surface area contributed by atoms with Crippen LogP contribution in [0.15, 0.2) is 30.6 Å². The molecule has 3 rings (SSSR count). The number of aromatic nitrogens is 2. The number of nitrogens with zero attached hydrogens (tertiary/aromatic N) is 3. The lowest BCUT2D eigenvalue weighted by atomic mass is 10.0. The van der Waals surface area contributed by atoms with Crippen molar-refractivity contribution in [2.24, 2.45) is 0 Å². The zero-order valence-corrected chi connectivity index (χ0v) is 11.6. The van der Waals surface area contributed by atoms with Gasteiger partial charge in [0.1, 0.15) is 24.4 Å². The van der Waals surface area contributed by atoms with Gasteiger partial charge in [-0.3, -0.25) is 4.79 Å². The second-order valence-electron chi connectivity index (χ2n) is 4.87. The lowest BCUT2D eigenvalue weighted by molar-refractivity contribution is -0.135. The molecule has 0 saturated carbocycles. The highest BCUT2D eigenvalue weighted by atomic mass is 16.5. The van der Waals surface area contributed by atoms with Crippen LogP contribution in [0.1, 0.15) is 5.56 Å². The Bertz CT molecular complexity index is 688. The summed E-state index contributed by atoms with van der Waals surface area (Å²) in [5.74, 6) is 0.541. The Morgan fingerprint density at radius 3 is 3.00 bits per heavy atom. The highest BCUT2D eigenvalue weighted by Gasteiger charge is 2.22. The number of rotatable bonds is 3. The number of ether oxygens (including phenoxy) is 1. The van der Waals surface area contributed by atoms with Gasteiger partial charge < -0.3 is 14.7 Å². The molecule has 0 fully saturated rings. The molecule has 1 aliphatic heterocycles. The van der Waals surface area contributed by atoms with E-state index in [9.17, 15) is 4.79 Å². The molecule has 1 aliphatic rings. The third kappa shape index (κ3) is 2.52. The van der Waals surface area contributed by atoms with Crippen LogP contribution in [0.25, 0.3) is 11.3 Å². The molecule has 1 N–H and O–H groups in total. The Morgan fingerprint density at radius 2 is 2.19 bits per heavy atom. The van der Waals surface area contributed by atoms with Gasteiger partial charge >= 0.3 is 5.97 Å². The highest BCUT2D eigenvalue weighted by Crippen LogP contribution is 2.36. The van der Waals surface area contributed by atoms with Crippen molar-refractivity contribution < 1.29 is 14.6 Å². The minimum atomic E-state index is -0.893. The molecule has 108 valence electrons. The minimum Gasteiger partial charge on any atom is -0.493 e. The average Bonchev–Trinajstić information content (AvgIpc) is 2.65. The quantitative estimate of drug-likeness (QED) is 0.923. The summed E-state index contributed by atoms with van der Waals surface area (Å²) in [6.07, 6.45) is 2.11. The van der Waals surface area contributed by atoms with Gasteiger partial charge in [-0.2, -0.15) is 0 Å². The molecule has 6 heteroatoms. The largest absolute Gasteiger partial charge is 0.493 e. The van der Waals surface area contributed by atoms with E-state index in [-0.39, 0.29) is 6.54 Å². The zero-order valence-electron chi connectivity index (χ0n) is 11.6. The van der Waals surface area contributed by atoms with Gasteiger partial charge in [-0.15, -0.1) is 0 Å². The Balaban J connectivity index is 2.11. The van der Waals surface area contributed by atoms with Crippen LogP contribution in [-0.2, 0) is 11.2 Å². The van der Waals surface area contributed by atoms with Gasteiger partial charge in [0.05, 0.1) is 12.3 Å². The molecule has 0 atom stereocenters. The Labute approximate surface area is 122 Å². The molecule has 0 saturated heterocycles. The summed E-state index contributed by atoms with van der Waals surface area (Å²) in [5, 5.41) is 8.95. The summed E-state index contributed by atoms with van der Waals surface area (Å²) >= 11 is 0. The molecule has 6 nitrogen and oxygen atoms in total. The third-order valence-electron chi connectivity index (χ3n) is 3.41. The molecule has 0 bridgehead atoms. The van der Waals surface area contributed by atoms with Crippen molar-refractivity contribution in [2.75, 3.05) is 25.1 Å². The minimum absolute atomic E-state index is 0.105. The number of para-hydroxylation sites is 1. The SMILES string of the molecule is CN(CC(=O)O)c1ncnc2c1CCOc1ccccc1-2. The molecular formula is C15H15N3O3. The van der Waals surface area contributed by atoms with Crippen molar-refractivity contribution in [3.63, 3.8) is 0 Å². The molecule has 0 unspecified atom stereocenters. The number of benzene rings is 1. The van der Waals surface area contributed by atoms with Gasteiger partial charge in [0.2, 0.25) is 0 Å². The topological polar surface area (TPSA) is 75.6 Å². The maximum absolute atomic E-state index is 10.9. The van der Waals surface area contributed by atoms with E-state index in [0.717, 1.165) is 22.6 Å². The van der Waals surface area contributed by atoms with E-state index in [2.05, 4.69) is 9.97 Å². The molecule has 0 spiro atoms. The summed E-state index contributed by atoms with van der Waals surface area (Å²) in [4.78, 5) is 21.2. The first-order chi connectivity index (χ1) is 10.2. The maximum Gasteiger partial charge on any atom is 0.323 e. The fraction of sp³-hybridized carbons (Fsp3) is 0.267. The molecule has 0 amide bonds. The number of carbonyl (C=O) groups is 1. The number of hydrogen-bond acceptors (Lipinski definition) is 5. The Kier molecular flexibility index (Phi) is 3.43. The molecule has 0 aliphatic carbocycles. The van der Waals surface area contributed by atoms with Crippen LogP contribution < -0.4 is 9.64 Å². The number of likely N-dealkylation sites (N-methyl/N-ethyl adjacent to an activating group) is 1. The van der Waals surface area contributed by atoms with Gasteiger partial charge in [-0.1, -0.05) is 12.1 Å². The summed E-state index contributed by atoms with van der Waals surface area (Å²) in [6.45, 7) is 0.414. The van der Waals surface area contributed by atoms with Crippen molar-refractivity contribution in [2.45, 2.75) is 6.42 Å². The van der Waals surface area contributed by atoms with Crippen molar-refractivity contribution in [1.29, 1.82) is 0 Å².